The third kappa shape index (κ3) is 4.56. The van der Waals surface area contributed by atoms with Gasteiger partial charge in [0.25, 0.3) is 5.91 Å². The third-order valence-corrected chi connectivity index (χ3v) is 3.44. The number of methoxy groups -OCH3 is 1. The molecule has 0 spiro atoms. The van der Waals surface area contributed by atoms with Gasteiger partial charge in [0.2, 0.25) is 5.16 Å². The molecule has 1 N–H and O–H groups in total. The number of nitrogens with zero attached hydrogens (tertiary/aromatic N) is 5. The normalized spacial score (nSPS) is 10.8. The van der Waals surface area contributed by atoms with Crippen LogP contribution >= 0.6 is 11.8 Å². The number of hydrogen-bond acceptors (Lipinski definition) is 7. The Bertz CT molecular complexity index is 625. The Morgan fingerprint density at radius 2 is 2.24 bits per heavy atom. The Morgan fingerprint density at radius 1 is 1.48 bits per heavy atom. The summed E-state index contributed by atoms with van der Waals surface area (Å²) < 4.78 is 6.55. The molecule has 2 aromatic rings. The van der Waals surface area contributed by atoms with Gasteiger partial charge in [-0.15, -0.1) is 5.10 Å². The minimum atomic E-state index is -0.229. The van der Waals surface area contributed by atoms with E-state index in [1.165, 1.54) is 16.4 Å². The summed E-state index contributed by atoms with van der Waals surface area (Å²) in [6, 6.07) is 7.32. The number of amides is 1. The summed E-state index contributed by atoms with van der Waals surface area (Å²) in [5, 5.41) is 15.4. The third-order valence-electron chi connectivity index (χ3n) is 2.43. The molecule has 8 nitrogen and oxygen atoms in total. The van der Waals surface area contributed by atoms with Gasteiger partial charge < -0.3 is 4.74 Å². The van der Waals surface area contributed by atoms with Gasteiger partial charge in [-0.25, -0.2) is 10.1 Å². The Hall–Kier alpha value is -2.42. The summed E-state index contributed by atoms with van der Waals surface area (Å²) in [4.78, 5) is 11.6. The second-order valence-electron chi connectivity index (χ2n) is 3.94. The molecule has 0 aliphatic carbocycles. The predicted molar refractivity (Wildman–Crippen MR) is 78.3 cm³/mol. The number of aromatic nitrogens is 4. The standard InChI is InChI=1S/C12H14N6O2S/c1-18-12(15-16-17-18)21-8-11(19)14-13-7-9-3-5-10(20-2)6-4-9/h3-7H,8H2,1-2H3,(H,14,19)/b13-7+. The van der Waals surface area contributed by atoms with Crippen molar-refractivity contribution in [2.24, 2.45) is 12.1 Å². The van der Waals surface area contributed by atoms with E-state index < -0.39 is 0 Å². The molecule has 1 heterocycles. The predicted octanol–water partition coefficient (Wildman–Crippen LogP) is 0.461. The quantitative estimate of drug-likeness (QED) is 0.473. The van der Waals surface area contributed by atoms with Crippen molar-refractivity contribution in [2.45, 2.75) is 5.16 Å². The van der Waals surface area contributed by atoms with Crippen LogP contribution in [0.2, 0.25) is 0 Å². The van der Waals surface area contributed by atoms with Gasteiger partial charge in [0.15, 0.2) is 0 Å². The number of carbonyl (C=O) groups is 1. The zero-order chi connectivity index (χ0) is 15.1. The van der Waals surface area contributed by atoms with Crippen LogP contribution < -0.4 is 10.2 Å². The van der Waals surface area contributed by atoms with E-state index in [-0.39, 0.29) is 11.7 Å². The highest BCUT2D eigenvalue weighted by Gasteiger charge is 2.06. The number of ether oxygens (including phenoxy) is 1. The second-order valence-corrected chi connectivity index (χ2v) is 4.88. The Kier molecular flexibility index (Phi) is 5.27. The van der Waals surface area contributed by atoms with E-state index in [0.717, 1.165) is 11.3 Å². The lowest BCUT2D eigenvalue weighted by Gasteiger charge is -2.00. The fraction of sp³-hybridized carbons (Fsp3) is 0.250. The fourth-order valence-corrected chi connectivity index (χ4v) is 2.02. The van der Waals surface area contributed by atoms with Crippen LogP contribution in [0.4, 0.5) is 0 Å². The molecule has 0 aliphatic rings. The molecule has 0 fully saturated rings. The maximum absolute atomic E-state index is 11.6. The Balaban J connectivity index is 1.77. The van der Waals surface area contributed by atoms with Gasteiger partial charge in [-0.05, 0) is 40.3 Å². The average Bonchev–Trinajstić information content (AvgIpc) is 2.91. The molecule has 0 unspecified atom stereocenters. The van der Waals surface area contributed by atoms with Gasteiger partial charge in [-0.2, -0.15) is 5.10 Å². The second kappa shape index (κ2) is 7.39. The molecule has 1 amide bonds. The Labute approximate surface area is 125 Å². The maximum Gasteiger partial charge on any atom is 0.250 e. The number of hydrogen-bond donors (Lipinski definition) is 1. The smallest absolute Gasteiger partial charge is 0.250 e. The summed E-state index contributed by atoms with van der Waals surface area (Å²) in [7, 11) is 3.32. The molecule has 0 saturated heterocycles. The Morgan fingerprint density at radius 3 is 2.86 bits per heavy atom. The molecule has 21 heavy (non-hydrogen) atoms. The van der Waals surface area contributed by atoms with Crippen molar-refractivity contribution in [3.63, 3.8) is 0 Å². The lowest BCUT2D eigenvalue weighted by atomic mass is 10.2. The topological polar surface area (TPSA) is 94.3 Å². The molecular weight excluding hydrogens is 292 g/mol. The molecule has 2 rings (SSSR count). The van der Waals surface area contributed by atoms with Crippen molar-refractivity contribution >= 4 is 23.9 Å². The van der Waals surface area contributed by atoms with E-state index in [9.17, 15) is 4.79 Å². The molecule has 0 atom stereocenters. The first-order valence-electron chi connectivity index (χ1n) is 6.00. The molecule has 0 bridgehead atoms. The van der Waals surface area contributed by atoms with Gasteiger partial charge >= 0.3 is 0 Å². The summed E-state index contributed by atoms with van der Waals surface area (Å²) in [6.07, 6.45) is 1.56. The van der Waals surface area contributed by atoms with Crippen LogP contribution in [0.3, 0.4) is 0 Å². The van der Waals surface area contributed by atoms with Crippen molar-refractivity contribution in [2.75, 3.05) is 12.9 Å². The average molecular weight is 306 g/mol. The van der Waals surface area contributed by atoms with Crippen LogP contribution in [0.15, 0.2) is 34.5 Å². The lowest BCUT2D eigenvalue weighted by molar-refractivity contribution is -0.118. The van der Waals surface area contributed by atoms with E-state index in [4.69, 9.17) is 4.74 Å². The van der Waals surface area contributed by atoms with Crippen LogP contribution in [0, 0.1) is 0 Å². The first-order chi connectivity index (χ1) is 10.2. The largest absolute Gasteiger partial charge is 0.497 e. The molecule has 0 radical (unpaired) electrons. The molecule has 0 aliphatic heterocycles. The molecule has 0 saturated carbocycles. The van der Waals surface area contributed by atoms with Crippen molar-refractivity contribution < 1.29 is 9.53 Å². The van der Waals surface area contributed by atoms with Crippen LogP contribution in [0.5, 0.6) is 5.75 Å². The van der Waals surface area contributed by atoms with Crippen molar-refractivity contribution in [3.05, 3.63) is 29.8 Å². The zero-order valence-corrected chi connectivity index (χ0v) is 12.4. The number of carbonyl (C=O) groups excluding carboxylic acids is 1. The molecule has 1 aromatic carbocycles. The molecule has 110 valence electrons. The van der Waals surface area contributed by atoms with Crippen LogP contribution in [-0.4, -0.2) is 45.2 Å². The summed E-state index contributed by atoms with van der Waals surface area (Å²) >= 11 is 1.24. The number of benzene rings is 1. The summed E-state index contributed by atoms with van der Waals surface area (Å²) in [5.41, 5.74) is 3.30. The molecule has 9 heteroatoms. The van der Waals surface area contributed by atoms with Gasteiger partial charge in [-0.1, -0.05) is 11.8 Å². The van der Waals surface area contributed by atoms with Crippen molar-refractivity contribution in [1.29, 1.82) is 0 Å². The van der Waals surface area contributed by atoms with E-state index in [2.05, 4.69) is 26.1 Å². The number of hydrazone groups is 1. The number of aryl methyl sites for hydroxylation is 1. The highest BCUT2D eigenvalue weighted by Crippen LogP contribution is 2.11. The fourth-order valence-electron chi connectivity index (χ4n) is 1.37. The van der Waals surface area contributed by atoms with E-state index >= 15 is 0 Å². The van der Waals surface area contributed by atoms with Gasteiger partial charge in [0.05, 0.1) is 19.1 Å². The van der Waals surface area contributed by atoms with E-state index in [0.29, 0.717) is 5.16 Å². The molecular formula is C12H14N6O2S. The number of thioether (sulfide) groups is 1. The van der Waals surface area contributed by atoms with Crippen molar-refractivity contribution in [1.82, 2.24) is 25.6 Å². The minimum Gasteiger partial charge on any atom is -0.497 e. The number of rotatable bonds is 6. The first-order valence-corrected chi connectivity index (χ1v) is 6.98. The van der Waals surface area contributed by atoms with E-state index in [1.54, 1.807) is 20.4 Å². The van der Waals surface area contributed by atoms with Crippen molar-refractivity contribution in [3.8, 4) is 5.75 Å². The molecule has 1 aromatic heterocycles. The van der Waals surface area contributed by atoms with Gasteiger partial charge in [0.1, 0.15) is 5.75 Å². The van der Waals surface area contributed by atoms with Crippen LogP contribution in [-0.2, 0) is 11.8 Å². The summed E-state index contributed by atoms with van der Waals surface area (Å²) in [5.74, 6) is 0.728. The van der Waals surface area contributed by atoms with Gasteiger partial charge in [-0.3, -0.25) is 4.79 Å². The SMILES string of the molecule is COc1ccc(/C=N/NC(=O)CSc2nnnn2C)cc1. The monoisotopic (exact) mass is 306 g/mol. The zero-order valence-electron chi connectivity index (χ0n) is 11.6. The number of tetrazole rings is 1. The van der Waals surface area contributed by atoms with Gasteiger partial charge in [0, 0.05) is 7.05 Å². The maximum atomic E-state index is 11.6. The summed E-state index contributed by atoms with van der Waals surface area (Å²) in [6.45, 7) is 0. The highest BCUT2D eigenvalue weighted by molar-refractivity contribution is 7.99. The highest BCUT2D eigenvalue weighted by atomic mass is 32.2. The minimum absolute atomic E-state index is 0.189. The van der Waals surface area contributed by atoms with Crippen LogP contribution in [0.1, 0.15) is 5.56 Å². The lowest BCUT2D eigenvalue weighted by Crippen LogP contribution is -2.19. The van der Waals surface area contributed by atoms with E-state index in [1.807, 2.05) is 24.3 Å². The number of nitrogens with one attached hydrogen (secondary N) is 1. The first kappa shape index (κ1) is 15.0. The van der Waals surface area contributed by atoms with Crippen LogP contribution in [0.25, 0.3) is 0 Å².